The van der Waals surface area contributed by atoms with Crippen molar-refractivity contribution in [3.63, 3.8) is 0 Å². The Bertz CT molecular complexity index is 1990. The van der Waals surface area contributed by atoms with Crippen LogP contribution in [0.15, 0.2) is 48.9 Å². The minimum absolute atomic E-state index is 0. The first kappa shape index (κ1) is 41.1. The second kappa shape index (κ2) is 18.5. The fourth-order valence-electron chi connectivity index (χ4n) is 7.87. The molecule has 54 heavy (non-hydrogen) atoms. The van der Waals surface area contributed by atoms with Crippen LogP contribution < -0.4 is 14.6 Å². The molecule has 4 atom stereocenters. The van der Waals surface area contributed by atoms with E-state index < -0.39 is 20.2 Å². The third-order valence-corrected chi connectivity index (χ3v) is 10.7. The Morgan fingerprint density at radius 2 is 1.39 bits per heavy atom. The predicted octanol–water partition coefficient (Wildman–Crippen LogP) is 5.70. The first-order valence-electron chi connectivity index (χ1n) is 18.9. The molecule has 4 aliphatic rings. The van der Waals surface area contributed by atoms with Crippen molar-refractivity contribution in [1.29, 1.82) is 0 Å². The number of piperidine rings is 2. The number of nitrogens with one attached hydrogen (secondary N) is 3. The van der Waals surface area contributed by atoms with E-state index in [-0.39, 0.29) is 28.8 Å². The summed E-state index contributed by atoms with van der Waals surface area (Å²) in [5.74, 6) is 5.99. The minimum Gasteiger partial charge on any atom is -0.531 e. The summed E-state index contributed by atoms with van der Waals surface area (Å²) in [5, 5.41) is 33.6. The van der Waals surface area contributed by atoms with Gasteiger partial charge >= 0.3 is 20.2 Å². The van der Waals surface area contributed by atoms with Gasteiger partial charge in [-0.25, -0.2) is 9.97 Å². The summed E-state index contributed by atoms with van der Waals surface area (Å²) in [6, 6.07) is 4.01. The third-order valence-electron chi connectivity index (χ3n) is 10.7. The maximum atomic E-state index is 12.4. The lowest BCUT2D eigenvalue weighted by Crippen LogP contribution is -2.44. The van der Waals surface area contributed by atoms with Gasteiger partial charge in [-0.15, -0.1) is 17.0 Å². The minimum atomic E-state index is -0.982. The lowest BCUT2D eigenvalue weighted by atomic mass is 9.71. The lowest BCUT2D eigenvalue weighted by molar-refractivity contribution is -0.137. The molecule has 4 aliphatic heterocycles. The summed E-state index contributed by atoms with van der Waals surface area (Å²) in [7, 11) is -1.87. The van der Waals surface area contributed by atoms with E-state index in [1.807, 2.05) is 49.2 Å². The average Bonchev–Trinajstić information content (AvgIpc) is 3.82. The number of amides is 1. The largest absolute Gasteiger partial charge is 0.552 e. The molecule has 2 unspecified atom stereocenters. The number of likely N-dealkylation sites (tertiary alicyclic amines) is 1. The zero-order valence-electron chi connectivity index (χ0n) is 31.4. The SMILES string of the molecule is Br.CCCC(=O)N1CC[C@H](C)C(C2=CB(O)Oc3cnc4[nH]ccc4c32)C1.CCCC(=O)O.C[C@H]1CCNCC1C1=CB(O)Oc2cnc3[nH]ccc3c21. The van der Waals surface area contributed by atoms with Gasteiger partial charge in [0.05, 0.1) is 12.4 Å². The number of halogens is 1. The van der Waals surface area contributed by atoms with Crippen LogP contribution in [0.25, 0.3) is 33.2 Å². The molecule has 0 radical (unpaired) electrons. The van der Waals surface area contributed by atoms with E-state index in [4.69, 9.17) is 14.4 Å². The van der Waals surface area contributed by atoms with Gasteiger partial charge in [-0.3, -0.25) is 9.59 Å². The summed E-state index contributed by atoms with van der Waals surface area (Å²) in [5.41, 5.74) is 5.96. The molecule has 16 heteroatoms. The number of rotatable bonds is 6. The zero-order chi connectivity index (χ0) is 37.6. The van der Waals surface area contributed by atoms with Gasteiger partial charge in [0, 0.05) is 72.7 Å². The Labute approximate surface area is 327 Å². The van der Waals surface area contributed by atoms with E-state index in [9.17, 15) is 19.6 Å². The highest BCUT2D eigenvalue weighted by atomic mass is 79.9. The number of aliphatic carboxylic acids is 1. The van der Waals surface area contributed by atoms with Crippen molar-refractivity contribution in [2.24, 2.45) is 23.7 Å². The molecule has 0 spiro atoms. The summed E-state index contributed by atoms with van der Waals surface area (Å²) in [6.07, 6.45) is 11.7. The molecule has 0 bridgehead atoms. The van der Waals surface area contributed by atoms with Crippen LogP contribution in [-0.4, -0.2) is 92.3 Å². The number of hydrogen-bond acceptors (Lipinski definition) is 9. The molecule has 2 saturated heterocycles. The summed E-state index contributed by atoms with van der Waals surface area (Å²) >= 11 is 0. The monoisotopic (exact) mass is 804 g/mol. The summed E-state index contributed by atoms with van der Waals surface area (Å²) in [6.45, 7) is 11.9. The third kappa shape index (κ3) is 9.05. The molecule has 13 nitrogen and oxygen atoms in total. The number of fused-ring (bicyclic) bond motifs is 6. The predicted molar refractivity (Wildman–Crippen MR) is 217 cm³/mol. The highest BCUT2D eigenvalue weighted by molar-refractivity contribution is 8.93. The number of carboxylic acids is 1. The van der Waals surface area contributed by atoms with Crippen LogP contribution in [0.3, 0.4) is 0 Å². The van der Waals surface area contributed by atoms with Crippen LogP contribution in [0, 0.1) is 23.7 Å². The molecule has 1 amide bonds. The van der Waals surface area contributed by atoms with Gasteiger partial charge in [0.15, 0.2) is 0 Å². The smallest absolute Gasteiger partial charge is 0.531 e. The van der Waals surface area contributed by atoms with Crippen LogP contribution >= 0.6 is 17.0 Å². The maximum absolute atomic E-state index is 12.4. The van der Waals surface area contributed by atoms with Crippen molar-refractivity contribution in [2.45, 2.75) is 66.2 Å². The second-order valence-corrected chi connectivity index (χ2v) is 14.4. The van der Waals surface area contributed by atoms with Crippen LogP contribution in [0.2, 0.25) is 0 Å². The van der Waals surface area contributed by atoms with E-state index >= 15 is 0 Å². The molecule has 2 fully saturated rings. The van der Waals surface area contributed by atoms with E-state index in [2.05, 4.69) is 39.1 Å². The van der Waals surface area contributed by atoms with Gasteiger partial charge in [-0.1, -0.05) is 27.7 Å². The van der Waals surface area contributed by atoms with Crippen LogP contribution in [0.4, 0.5) is 0 Å². The molecule has 6 N–H and O–H groups in total. The normalized spacial score (nSPS) is 21.8. The number of hydrogen-bond donors (Lipinski definition) is 6. The molecule has 0 aromatic carbocycles. The molecule has 288 valence electrons. The number of carboxylic acid groups (broad SMARTS) is 1. The fourth-order valence-corrected chi connectivity index (χ4v) is 7.87. The zero-order valence-corrected chi connectivity index (χ0v) is 33.1. The van der Waals surface area contributed by atoms with Gasteiger partial charge in [0.1, 0.15) is 22.8 Å². The number of aromatic nitrogens is 4. The van der Waals surface area contributed by atoms with Crippen molar-refractivity contribution in [2.75, 3.05) is 26.2 Å². The first-order chi connectivity index (χ1) is 25.6. The van der Waals surface area contributed by atoms with E-state index in [0.717, 1.165) is 84.1 Å². The van der Waals surface area contributed by atoms with Gasteiger partial charge < -0.3 is 44.6 Å². The highest BCUT2D eigenvalue weighted by Gasteiger charge is 2.37. The van der Waals surface area contributed by atoms with Gasteiger partial charge in [0.25, 0.3) is 0 Å². The number of carbonyl (C=O) groups excluding carboxylic acids is 1. The van der Waals surface area contributed by atoms with Crippen LogP contribution in [0.1, 0.15) is 77.3 Å². The van der Waals surface area contributed by atoms with Gasteiger partial charge in [-0.2, -0.15) is 0 Å². The second-order valence-electron chi connectivity index (χ2n) is 14.4. The number of aromatic amines is 2. The molecular weight excluding hydrogens is 754 g/mol. The Hall–Kier alpha value is -4.11. The Morgan fingerprint density at radius 3 is 1.89 bits per heavy atom. The van der Waals surface area contributed by atoms with Crippen molar-refractivity contribution in [3.05, 3.63) is 60.0 Å². The van der Waals surface area contributed by atoms with Gasteiger partial charge in [-0.05, 0) is 85.2 Å². The van der Waals surface area contributed by atoms with Crippen LogP contribution in [0.5, 0.6) is 11.5 Å². The van der Waals surface area contributed by atoms with E-state index in [1.54, 1.807) is 18.4 Å². The van der Waals surface area contributed by atoms with E-state index in [1.165, 1.54) is 5.57 Å². The Balaban J connectivity index is 0.000000180. The molecule has 4 aromatic heterocycles. The van der Waals surface area contributed by atoms with Crippen molar-refractivity contribution < 1.29 is 34.1 Å². The highest BCUT2D eigenvalue weighted by Crippen LogP contribution is 2.44. The summed E-state index contributed by atoms with van der Waals surface area (Å²) < 4.78 is 11.1. The molecule has 8 rings (SSSR count). The molecule has 4 aromatic rings. The molecule has 0 saturated carbocycles. The quantitative estimate of drug-likeness (QED) is 0.132. The standard InChI is InChI=1S/C19H24BN3O3.C15H18BN3O2.C4H8O2.BrH/c1-3-4-17(24)23-8-6-12(2)15(11-23)14-9-20(25)26-16-10-22-19-13(18(14)16)5-7-21-19;1-9-2-4-17-7-12(9)11-6-16(20)21-13-8-19-15-10(14(11)13)3-5-18-15;1-2-3-4(5)6;/h5,7,9-10,12,15,25H,3-4,6,8,11H2,1-2H3,(H,21,22);3,5-6,8-9,12,17,20H,2,4,7H2,1H3,(H,18,19);2-3H2,1H3,(H,5,6);1H/t12-,15?;9-,12?;;/m00../s1. The average molecular weight is 805 g/mol. The fraction of sp³-hybridized carbons (Fsp3) is 0.474. The van der Waals surface area contributed by atoms with E-state index in [0.29, 0.717) is 48.6 Å². The lowest BCUT2D eigenvalue weighted by Gasteiger charge is -2.40. The van der Waals surface area contributed by atoms with Gasteiger partial charge in [0.2, 0.25) is 5.91 Å². The van der Waals surface area contributed by atoms with Crippen molar-refractivity contribution in [3.8, 4) is 11.5 Å². The number of pyridine rings is 2. The summed E-state index contributed by atoms with van der Waals surface area (Å²) in [4.78, 5) is 39.0. The number of nitrogens with zero attached hydrogens (tertiary/aromatic N) is 3. The van der Waals surface area contributed by atoms with Crippen molar-refractivity contribution >= 4 is 76.3 Å². The molecule has 8 heterocycles. The topological polar surface area (TPSA) is 186 Å². The molecular formula is C38H51B2BrN6O7. The first-order valence-corrected chi connectivity index (χ1v) is 18.9. The number of carbonyl (C=O) groups is 2. The molecule has 0 aliphatic carbocycles. The Morgan fingerprint density at radius 1 is 0.852 bits per heavy atom. The van der Waals surface area contributed by atoms with Crippen molar-refractivity contribution in [1.82, 2.24) is 30.2 Å². The van der Waals surface area contributed by atoms with Crippen LogP contribution in [-0.2, 0) is 9.59 Å². The maximum Gasteiger partial charge on any atom is 0.552 e. The number of H-pyrrole nitrogens is 2. The Kier molecular flexibility index (Phi) is 14.1.